The molecule has 0 saturated carbocycles. The standard InChI is InChI=1S/C12H21N3O3/c16-9-13-10-1-5-14(6-2-10)11-3-7-15(8-4-11)12(17)18/h9-11H,1-8H2,(H,13,16)(H,17,18). The fourth-order valence-corrected chi connectivity index (χ4v) is 2.95. The highest BCUT2D eigenvalue weighted by Gasteiger charge is 2.29. The van der Waals surface area contributed by atoms with Gasteiger partial charge in [0.1, 0.15) is 0 Å². The highest BCUT2D eigenvalue weighted by atomic mass is 16.4. The second-order valence-corrected chi connectivity index (χ2v) is 5.10. The molecule has 2 amide bonds. The van der Waals surface area contributed by atoms with Gasteiger partial charge in [-0.25, -0.2) is 4.79 Å². The lowest BCUT2D eigenvalue weighted by atomic mass is 9.98. The number of piperidine rings is 2. The molecule has 2 fully saturated rings. The van der Waals surface area contributed by atoms with Crippen molar-refractivity contribution in [3.63, 3.8) is 0 Å². The van der Waals surface area contributed by atoms with Crippen LogP contribution in [-0.2, 0) is 4.79 Å². The van der Waals surface area contributed by atoms with E-state index < -0.39 is 6.09 Å². The lowest BCUT2D eigenvalue weighted by molar-refractivity contribution is -0.110. The molecule has 2 heterocycles. The van der Waals surface area contributed by atoms with Crippen molar-refractivity contribution in [3.05, 3.63) is 0 Å². The van der Waals surface area contributed by atoms with E-state index in [4.69, 9.17) is 5.11 Å². The number of nitrogens with zero attached hydrogens (tertiary/aromatic N) is 2. The van der Waals surface area contributed by atoms with Crippen LogP contribution in [0.5, 0.6) is 0 Å². The maximum Gasteiger partial charge on any atom is 0.407 e. The van der Waals surface area contributed by atoms with Crippen LogP contribution in [0.3, 0.4) is 0 Å². The van der Waals surface area contributed by atoms with Crippen molar-refractivity contribution in [2.75, 3.05) is 26.2 Å². The van der Waals surface area contributed by atoms with Gasteiger partial charge in [0.25, 0.3) is 0 Å². The molecule has 0 atom stereocenters. The molecule has 102 valence electrons. The minimum absolute atomic E-state index is 0.317. The Morgan fingerprint density at radius 1 is 1.11 bits per heavy atom. The summed E-state index contributed by atoms with van der Waals surface area (Å²) in [5.74, 6) is 0. The molecule has 0 aromatic heterocycles. The number of rotatable bonds is 3. The fourth-order valence-electron chi connectivity index (χ4n) is 2.95. The summed E-state index contributed by atoms with van der Waals surface area (Å²) in [5, 5.41) is 11.7. The average molecular weight is 255 g/mol. The summed E-state index contributed by atoms with van der Waals surface area (Å²) in [6, 6.07) is 0.829. The first-order valence-corrected chi connectivity index (χ1v) is 6.62. The summed E-state index contributed by atoms with van der Waals surface area (Å²) >= 11 is 0. The van der Waals surface area contributed by atoms with Gasteiger partial charge >= 0.3 is 6.09 Å². The quantitative estimate of drug-likeness (QED) is 0.713. The van der Waals surface area contributed by atoms with E-state index in [1.54, 1.807) is 0 Å². The Morgan fingerprint density at radius 3 is 2.22 bits per heavy atom. The Kier molecular flexibility index (Phi) is 4.41. The lowest BCUT2D eigenvalue weighted by Gasteiger charge is -2.41. The van der Waals surface area contributed by atoms with E-state index in [0.717, 1.165) is 45.2 Å². The molecule has 0 radical (unpaired) electrons. The SMILES string of the molecule is O=CNC1CCN(C2CCN(C(=O)O)CC2)CC1. The largest absolute Gasteiger partial charge is 0.465 e. The van der Waals surface area contributed by atoms with E-state index in [0.29, 0.717) is 25.2 Å². The minimum Gasteiger partial charge on any atom is -0.465 e. The molecule has 0 bridgehead atoms. The average Bonchev–Trinajstić information content (AvgIpc) is 2.40. The van der Waals surface area contributed by atoms with Crippen molar-refractivity contribution in [1.82, 2.24) is 15.1 Å². The van der Waals surface area contributed by atoms with E-state index in [-0.39, 0.29) is 0 Å². The van der Waals surface area contributed by atoms with Crippen molar-refractivity contribution in [2.24, 2.45) is 0 Å². The number of amides is 2. The molecule has 0 aromatic carbocycles. The monoisotopic (exact) mass is 255 g/mol. The van der Waals surface area contributed by atoms with Gasteiger partial charge in [0, 0.05) is 38.3 Å². The molecule has 2 saturated heterocycles. The van der Waals surface area contributed by atoms with E-state index in [1.807, 2.05) is 0 Å². The maximum absolute atomic E-state index is 10.8. The molecule has 18 heavy (non-hydrogen) atoms. The van der Waals surface area contributed by atoms with Gasteiger partial charge in [0.2, 0.25) is 6.41 Å². The Bertz CT molecular complexity index is 295. The topological polar surface area (TPSA) is 72.9 Å². The van der Waals surface area contributed by atoms with Gasteiger partial charge in [0.15, 0.2) is 0 Å². The van der Waals surface area contributed by atoms with Gasteiger partial charge in [-0.05, 0) is 25.7 Å². The zero-order chi connectivity index (χ0) is 13.0. The summed E-state index contributed by atoms with van der Waals surface area (Å²) in [7, 11) is 0. The van der Waals surface area contributed by atoms with Crippen molar-refractivity contribution >= 4 is 12.5 Å². The lowest BCUT2D eigenvalue weighted by Crippen LogP contribution is -2.50. The van der Waals surface area contributed by atoms with E-state index >= 15 is 0 Å². The second kappa shape index (κ2) is 6.04. The Hall–Kier alpha value is -1.30. The predicted octanol–water partition coefficient (Wildman–Crippen LogP) is 0.339. The highest BCUT2D eigenvalue weighted by Crippen LogP contribution is 2.21. The zero-order valence-electron chi connectivity index (χ0n) is 10.5. The highest BCUT2D eigenvalue weighted by molar-refractivity contribution is 5.65. The van der Waals surface area contributed by atoms with Crippen molar-refractivity contribution in [3.8, 4) is 0 Å². The van der Waals surface area contributed by atoms with Crippen LogP contribution >= 0.6 is 0 Å². The van der Waals surface area contributed by atoms with Crippen LogP contribution in [0.2, 0.25) is 0 Å². The first-order chi connectivity index (χ1) is 8.70. The minimum atomic E-state index is -0.803. The molecule has 6 heteroatoms. The molecule has 2 N–H and O–H groups in total. The van der Waals surface area contributed by atoms with Gasteiger partial charge in [-0.2, -0.15) is 0 Å². The van der Waals surface area contributed by atoms with E-state index in [9.17, 15) is 9.59 Å². The van der Waals surface area contributed by atoms with Crippen LogP contribution in [0.4, 0.5) is 4.79 Å². The summed E-state index contributed by atoms with van der Waals surface area (Å²) in [6.45, 7) is 3.30. The number of nitrogens with one attached hydrogen (secondary N) is 1. The molecule has 0 aliphatic carbocycles. The number of carboxylic acid groups (broad SMARTS) is 1. The Morgan fingerprint density at radius 2 is 1.72 bits per heavy atom. The van der Waals surface area contributed by atoms with Crippen LogP contribution in [0.25, 0.3) is 0 Å². The van der Waals surface area contributed by atoms with Gasteiger partial charge in [-0.1, -0.05) is 0 Å². The maximum atomic E-state index is 10.8. The third-order valence-electron chi connectivity index (χ3n) is 4.08. The summed E-state index contributed by atoms with van der Waals surface area (Å²) in [4.78, 5) is 25.1. The smallest absolute Gasteiger partial charge is 0.407 e. The van der Waals surface area contributed by atoms with E-state index in [1.165, 1.54) is 4.90 Å². The second-order valence-electron chi connectivity index (χ2n) is 5.10. The third kappa shape index (κ3) is 3.13. The molecule has 2 aliphatic heterocycles. The molecule has 2 rings (SSSR count). The van der Waals surface area contributed by atoms with Crippen molar-refractivity contribution in [2.45, 2.75) is 37.8 Å². The van der Waals surface area contributed by atoms with Crippen molar-refractivity contribution < 1.29 is 14.7 Å². The predicted molar refractivity (Wildman–Crippen MR) is 66.4 cm³/mol. The van der Waals surface area contributed by atoms with E-state index in [2.05, 4.69) is 10.2 Å². The van der Waals surface area contributed by atoms with Gasteiger partial charge in [-0.3, -0.25) is 4.79 Å². The molecule has 2 aliphatic rings. The molecule has 6 nitrogen and oxygen atoms in total. The normalized spacial score (nSPS) is 23.9. The van der Waals surface area contributed by atoms with Crippen LogP contribution in [0.1, 0.15) is 25.7 Å². The zero-order valence-corrected chi connectivity index (χ0v) is 10.5. The van der Waals surface area contributed by atoms with Gasteiger partial charge in [-0.15, -0.1) is 0 Å². The van der Waals surface area contributed by atoms with Crippen molar-refractivity contribution in [1.29, 1.82) is 0 Å². The van der Waals surface area contributed by atoms with Gasteiger partial charge < -0.3 is 20.2 Å². The molecule has 0 spiro atoms. The number of carbonyl (C=O) groups excluding carboxylic acids is 1. The van der Waals surface area contributed by atoms with Crippen LogP contribution in [-0.4, -0.2) is 65.7 Å². The molecular weight excluding hydrogens is 234 g/mol. The first-order valence-electron chi connectivity index (χ1n) is 6.62. The number of carbonyl (C=O) groups is 2. The fraction of sp³-hybridized carbons (Fsp3) is 0.833. The molecule has 0 unspecified atom stereocenters. The molecular formula is C12H21N3O3. The number of likely N-dealkylation sites (tertiary alicyclic amines) is 2. The van der Waals surface area contributed by atoms with Gasteiger partial charge in [0.05, 0.1) is 0 Å². The summed E-state index contributed by atoms with van der Waals surface area (Å²) in [5.41, 5.74) is 0. The first kappa shape index (κ1) is 13.1. The molecule has 0 aromatic rings. The third-order valence-corrected chi connectivity index (χ3v) is 4.08. The number of hydrogen-bond donors (Lipinski definition) is 2. The summed E-state index contributed by atoms with van der Waals surface area (Å²) < 4.78 is 0. The van der Waals surface area contributed by atoms with Crippen LogP contribution in [0.15, 0.2) is 0 Å². The number of hydrogen-bond acceptors (Lipinski definition) is 3. The summed E-state index contributed by atoms with van der Waals surface area (Å²) in [6.07, 6.45) is 3.83. The van der Waals surface area contributed by atoms with Crippen LogP contribution in [0, 0.1) is 0 Å². The Labute approximate surface area is 107 Å². The Balaban J connectivity index is 1.74. The van der Waals surface area contributed by atoms with Crippen LogP contribution < -0.4 is 5.32 Å².